The second kappa shape index (κ2) is 5.16. The lowest BCUT2D eigenvalue weighted by Gasteiger charge is -2.11. The summed E-state index contributed by atoms with van der Waals surface area (Å²) in [7, 11) is 0. The van der Waals surface area contributed by atoms with Crippen LogP contribution < -0.4 is 5.32 Å². The van der Waals surface area contributed by atoms with Gasteiger partial charge in [0.2, 0.25) is 5.91 Å². The van der Waals surface area contributed by atoms with Gasteiger partial charge in [-0.25, -0.2) is 14.3 Å². The maximum atomic E-state index is 12.6. The van der Waals surface area contributed by atoms with E-state index < -0.39 is 11.9 Å². The minimum Gasteiger partial charge on any atom is -0.478 e. The molecule has 2 aromatic rings. The number of hydrogen-bond donors (Lipinski definition) is 2. The molecule has 1 unspecified atom stereocenters. The summed E-state index contributed by atoms with van der Waals surface area (Å²) in [5, 5.41) is 16.3. The third-order valence-electron chi connectivity index (χ3n) is 4.40. The maximum absolute atomic E-state index is 12.6. The molecule has 1 aliphatic carbocycles. The molecule has 120 valence electrons. The number of allylic oxidation sites excluding steroid dienone is 4. The van der Waals surface area contributed by atoms with Gasteiger partial charge >= 0.3 is 5.97 Å². The van der Waals surface area contributed by atoms with Crippen molar-refractivity contribution in [2.24, 2.45) is 0 Å². The van der Waals surface area contributed by atoms with Crippen molar-refractivity contribution in [2.75, 3.05) is 0 Å². The number of nitrogens with zero attached hydrogens (tertiary/aromatic N) is 3. The second-order valence-electron chi connectivity index (χ2n) is 5.76. The van der Waals surface area contributed by atoms with E-state index in [1.807, 2.05) is 24.3 Å². The maximum Gasteiger partial charge on any atom is 0.337 e. The van der Waals surface area contributed by atoms with Crippen LogP contribution in [0.3, 0.4) is 0 Å². The van der Waals surface area contributed by atoms with E-state index in [4.69, 9.17) is 0 Å². The Balaban J connectivity index is 1.95. The Kier molecular flexibility index (Phi) is 3.09. The highest BCUT2D eigenvalue weighted by molar-refractivity contribution is 5.97. The molecule has 1 aliphatic heterocycles. The molecule has 7 heteroatoms. The summed E-state index contributed by atoms with van der Waals surface area (Å²) < 4.78 is 1.48. The number of aromatic nitrogens is 3. The Labute approximate surface area is 137 Å². The Hall–Kier alpha value is -3.22. The van der Waals surface area contributed by atoms with Gasteiger partial charge in [0, 0.05) is 18.3 Å². The lowest BCUT2D eigenvalue weighted by molar-refractivity contribution is -0.120. The van der Waals surface area contributed by atoms with Crippen molar-refractivity contribution < 1.29 is 14.7 Å². The van der Waals surface area contributed by atoms with Gasteiger partial charge in [-0.05, 0) is 18.1 Å². The molecule has 0 saturated heterocycles. The average Bonchev–Trinajstić information content (AvgIpc) is 2.95. The highest BCUT2D eigenvalue weighted by Crippen LogP contribution is 2.36. The summed E-state index contributed by atoms with van der Waals surface area (Å²) in [4.78, 5) is 28.3. The van der Waals surface area contributed by atoms with Crippen LogP contribution in [0.5, 0.6) is 0 Å². The molecule has 0 saturated carbocycles. The van der Waals surface area contributed by atoms with Crippen molar-refractivity contribution in [3.63, 3.8) is 0 Å². The molecular formula is C17H14N4O3. The van der Waals surface area contributed by atoms with Gasteiger partial charge in [0.25, 0.3) is 0 Å². The number of carbonyl (C=O) groups is 2. The summed E-state index contributed by atoms with van der Waals surface area (Å²) in [6.07, 6.45) is 11.1. The molecule has 0 fully saturated rings. The van der Waals surface area contributed by atoms with Crippen LogP contribution in [0.15, 0.2) is 48.1 Å². The molecule has 24 heavy (non-hydrogen) atoms. The predicted molar refractivity (Wildman–Crippen MR) is 85.5 cm³/mol. The number of aromatic carboxylic acids is 1. The first-order chi connectivity index (χ1) is 11.6. The van der Waals surface area contributed by atoms with Crippen LogP contribution in [-0.4, -0.2) is 31.6 Å². The Bertz CT molecular complexity index is 981. The summed E-state index contributed by atoms with van der Waals surface area (Å²) in [5.41, 5.74) is 3.51. The van der Waals surface area contributed by atoms with Crippen LogP contribution >= 0.6 is 0 Å². The van der Waals surface area contributed by atoms with E-state index >= 15 is 0 Å². The number of fused-ring (bicyclic) bond motifs is 1. The molecule has 2 aromatic heterocycles. The molecule has 4 rings (SSSR count). The molecular weight excluding hydrogens is 308 g/mol. The summed E-state index contributed by atoms with van der Waals surface area (Å²) >= 11 is 0. The Morgan fingerprint density at radius 1 is 1.42 bits per heavy atom. The Morgan fingerprint density at radius 3 is 3.04 bits per heavy atom. The molecule has 2 N–H and O–H groups in total. The normalized spacial score (nSPS) is 19.5. The molecule has 0 aromatic carbocycles. The number of carbonyl (C=O) groups excluding carboxylic acids is 1. The minimum atomic E-state index is -1.03. The third-order valence-corrected chi connectivity index (χ3v) is 4.40. The standard InChI is InChI=1S/C17H14N4O3/c1-9-11(17(23)24)7-21-15(9)14(18-8-19-21)13-10-5-3-2-4-6-12(10)20-16(13)22/h2-5,7-8,13H,6H2,1H3,(H,20,22)(H,23,24). The van der Waals surface area contributed by atoms with Crippen LogP contribution in [0, 0.1) is 6.92 Å². The van der Waals surface area contributed by atoms with Crippen molar-refractivity contribution in [3.05, 3.63) is 64.9 Å². The van der Waals surface area contributed by atoms with Crippen molar-refractivity contribution in [1.29, 1.82) is 0 Å². The molecule has 1 atom stereocenters. The van der Waals surface area contributed by atoms with Gasteiger partial charge in [0.15, 0.2) is 0 Å². The van der Waals surface area contributed by atoms with Gasteiger partial charge in [-0.1, -0.05) is 24.3 Å². The zero-order chi connectivity index (χ0) is 16.8. The number of aryl methyl sites for hydroxylation is 1. The monoisotopic (exact) mass is 322 g/mol. The highest BCUT2D eigenvalue weighted by atomic mass is 16.4. The van der Waals surface area contributed by atoms with Crippen molar-refractivity contribution in [3.8, 4) is 0 Å². The van der Waals surface area contributed by atoms with Crippen LogP contribution in [-0.2, 0) is 4.79 Å². The Morgan fingerprint density at radius 2 is 2.25 bits per heavy atom. The molecule has 0 spiro atoms. The molecule has 3 heterocycles. The molecule has 2 aliphatic rings. The minimum absolute atomic E-state index is 0.155. The molecule has 7 nitrogen and oxygen atoms in total. The van der Waals surface area contributed by atoms with Crippen LogP contribution in [0.1, 0.15) is 34.0 Å². The van der Waals surface area contributed by atoms with E-state index in [1.165, 1.54) is 17.0 Å². The zero-order valence-electron chi connectivity index (χ0n) is 12.9. The summed E-state index contributed by atoms with van der Waals surface area (Å²) in [6.45, 7) is 1.71. The van der Waals surface area contributed by atoms with E-state index in [9.17, 15) is 14.7 Å². The van der Waals surface area contributed by atoms with Gasteiger partial charge in [-0.15, -0.1) is 0 Å². The number of amides is 1. The van der Waals surface area contributed by atoms with Crippen molar-refractivity contribution in [2.45, 2.75) is 19.3 Å². The van der Waals surface area contributed by atoms with Gasteiger partial charge in [0.1, 0.15) is 12.2 Å². The third kappa shape index (κ3) is 1.98. The van der Waals surface area contributed by atoms with Gasteiger partial charge < -0.3 is 10.4 Å². The van der Waals surface area contributed by atoms with Crippen molar-refractivity contribution in [1.82, 2.24) is 19.9 Å². The van der Waals surface area contributed by atoms with E-state index in [0.29, 0.717) is 23.2 Å². The number of nitrogens with one attached hydrogen (secondary N) is 1. The van der Waals surface area contributed by atoms with Crippen LogP contribution in [0.4, 0.5) is 0 Å². The first kappa shape index (κ1) is 14.4. The lowest BCUT2D eigenvalue weighted by Crippen LogP contribution is -2.22. The first-order valence-corrected chi connectivity index (χ1v) is 7.51. The number of hydrogen-bond acceptors (Lipinski definition) is 4. The molecule has 1 amide bonds. The number of rotatable bonds is 2. The number of carboxylic acids is 1. The quantitative estimate of drug-likeness (QED) is 0.877. The van der Waals surface area contributed by atoms with Gasteiger partial charge in [0.05, 0.1) is 16.8 Å². The average molecular weight is 322 g/mol. The number of carboxylic acid groups (broad SMARTS) is 1. The fraction of sp³-hybridized carbons (Fsp3) is 0.176. The van der Waals surface area contributed by atoms with Crippen LogP contribution in [0.2, 0.25) is 0 Å². The predicted octanol–water partition coefficient (Wildman–Crippen LogP) is 1.72. The van der Waals surface area contributed by atoms with E-state index in [-0.39, 0.29) is 11.5 Å². The van der Waals surface area contributed by atoms with E-state index in [0.717, 1.165) is 11.3 Å². The second-order valence-corrected chi connectivity index (χ2v) is 5.76. The summed E-state index contributed by atoms with van der Waals surface area (Å²) in [6, 6.07) is 0. The first-order valence-electron chi connectivity index (χ1n) is 7.51. The van der Waals surface area contributed by atoms with Gasteiger partial charge in [-0.3, -0.25) is 4.79 Å². The highest BCUT2D eigenvalue weighted by Gasteiger charge is 2.36. The fourth-order valence-electron chi connectivity index (χ4n) is 3.28. The van der Waals surface area contributed by atoms with Crippen LogP contribution in [0.25, 0.3) is 5.52 Å². The lowest BCUT2D eigenvalue weighted by atomic mass is 9.94. The smallest absolute Gasteiger partial charge is 0.337 e. The zero-order valence-corrected chi connectivity index (χ0v) is 12.9. The topological polar surface area (TPSA) is 96.6 Å². The van der Waals surface area contributed by atoms with Crippen molar-refractivity contribution >= 4 is 17.4 Å². The molecule has 0 radical (unpaired) electrons. The summed E-state index contributed by atoms with van der Waals surface area (Å²) in [5.74, 6) is -1.76. The SMILES string of the molecule is Cc1c(C(=O)O)cn2ncnc(C3C(=O)NC4=C3C=CC=CC4)c12. The van der Waals surface area contributed by atoms with E-state index in [2.05, 4.69) is 15.4 Å². The van der Waals surface area contributed by atoms with E-state index in [1.54, 1.807) is 6.92 Å². The molecule has 0 bridgehead atoms. The largest absolute Gasteiger partial charge is 0.478 e. The fourth-order valence-corrected chi connectivity index (χ4v) is 3.28. The van der Waals surface area contributed by atoms with Gasteiger partial charge in [-0.2, -0.15) is 5.10 Å².